The van der Waals surface area contributed by atoms with E-state index in [1.54, 1.807) is 29.5 Å². The first kappa shape index (κ1) is 28.9. The molecule has 40 heavy (non-hydrogen) atoms. The molecule has 1 aliphatic carbocycles. The monoisotopic (exact) mass is 612 g/mol. The molecule has 4 aromatic rings. The number of anilines is 1. The lowest BCUT2D eigenvalue weighted by Crippen LogP contribution is -2.23. The highest BCUT2D eigenvalue weighted by Crippen LogP contribution is 2.44. The van der Waals surface area contributed by atoms with Gasteiger partial charge in [-0.3, -0.25) is 0 Å². The number of esters is 1. The number of aromatic nitrogens is 1. The third-order valence-corrected chi connectivity index (χ3v) is 8.91. The smallest absolute Gasteiger partial charge is 0.338 e. The first-order valence-electron chi connectivity index (χ1n) is 13.5. The van der Waals surface area contributed by atoms with E-state index in [1.807, 2.05) is 24.3 Å². The molecule has 1 aliphatic rings. The van der Waals surface area contributed by atoms with Crippen molar-refractivity contribution in [2.24, 2.45) is 5.92 Å². The fourth-order valence-electron chi connectivity index (χ4n) is 4.79. The van der Waals surface area contributed by atoms with Crippen LogP contribution in [-0.2, 0) is 17.2 Å². The molecule has 0 saturated heterocycles. The second-order valence-corrected chi connectivity index (χ2v) is 12.5. The van der Waals surface area contributed by atoms with E-state index in [2.05, 4.69) is 43.0 Å². The van der Waals surface area contributed by atoms with Gasteiger partial charge in [0.25, 0.3) is 0 Å². The summed E-state index contributed by atoms with van der Waals surface area (Å²) >= 11 is 20.2. The number of hydrogen-bond acceptors (Lipinski definition) is 5. The van der Waals surface area contributed by atoms with E-state index in [0.29, 0.717) is 27.4 Å². The van der Waals surface area contributed by atoms with E-state index in [9.17, 15) is 4.79 Å². The van der Waals surface area contributed by atoms with E-state index in [4.69, 9.17) is 44.5 Å². The first-order valence-corrected chi connectivity index (χ1v) is 15.6. The number of hydrogen-bond donors (Lipinski definition) is 0. The number of rotatable bonds is 11. The van der Waals surface area contributed by atoms with Crippen molar-refractivity contribution in [2.75, 3.05) is 11.4 Å². The molecule has 1 fully saturated rings. The quantitative estimate of drug-likeness (QED) is 0.125. The fraction of sp³-hybridized carbons (Fsp3) is 0.312. The van der Waals surface area contributed by atoms with Crippen molar-refractivity contribution < 1.29 is 9.53 Å². The molecule has 0 bridgehead atoms. The largest absolute Gasteiger partial charge is 0.454 e. The zero-order chi connectivity index (χ0) is 28.2. The summed E-state index contributed by atoms with van der Waals surface area (Å²) in [5, 5.41) is 2.17. The predicted molar refractivity (Wildman–Crippen MR) is 167 cm³/mol. The number of carbonyl (C=O) groups is 1. The fourth-order valence-corrected chi connectivity index (χ4v) is 6.41. The summed E-state index contributed by atoms with van der Waals surface area (Å²) in [5.74, 6) is 0.414. The maximum atomic E-state index is 12.9. The van der Waals surface area contributed by atoms with Crippen molar-refractivity contribution >= 4 is 57.2 Å². The van der Waals surface area contributed by atoms with Crippen molar-refractivity contribution in [3.63, 3.8) is 0 Å². The number of aryl methyl sites for hydroxylation is 1. The zero-order valence-electron chi connectivity index (χ0n) is 22.5. The van der Waals surface area contributed by atoms with E-state index in [1.165, 1.54) is 5.56 Å². The minimum absolute atomic E-state index is 0.249. The molecule has 8 heteroatoms. The Labute approximate surface area is 254 Å². The molecule has 1 unspecified atom stereocenters. The topological polar surface area (TPSA) is 42.4 Å². The van der Waals surface area contributed by atoms with E-state index in [0.717, 1.165) is 64.7 Å². The summed E-state index contributed by atoms with van der Waals surface area (Å²) in [6.07, 6.45) is 2.88. The highest BCUT2D eigenvalue weighted by atomic mass is 35.5. The van der Waals surface area contributed by atoms with Crippen LogP contribution in [0.4, 0.5) is 5.13 Å². The van der Waals surface area contributed by atoms with Crippen LogP contribution in [0.1, 0.15) is 64.2 Å². The SMILES string of the molecule is CCCN(Cc1ccc(C(OC(=O)c2cccc(CCl)c2)C2CC2)cc1)c1nc(-c2ccc(Cl)cc2Cl)c(C)s1. The van der Waals surface area contributed by atoms with Crippen molar-refractivity contribution in [3.8, 4) is 11.3 Å². The highest BCUT2D eigenvalue weighted by molar-refractivity contribution is 7.16. The van der Waals surface area contributed by atoms with Crippen LogP contribution in [0.3, 0.4) is 0 Å². The Morgan fingerprint density at radius 1 is 1.07 bits per heavy atom. The summed E-state index contributed by atoms with van der Waals surface area (Å²) in [5.41, 5.74) is 5.42. The molecule has 1 atom stereocenters. The van der Waals surface area contributed by atoms with Gasteiger partial charge in [-0.05, 0) is 73.2 Å². The number of alkyl halides is 1. The number of carbonyl (C=O) groups excluding carboxylic acids is 1. The van der Waals surface area contributed by atoms with Crippen LogP contribution in [0, 0.1) is 12.8 Å². The maximum Gasteiger partial charge on any atom is 0.338 e. The van der Waals surface area contributed by atoms with Crippen molar-refractivity contribution in [2.45, 2.75) is 51.6 Å². The van der Waals surface area contributed by atoms with E-state index in [-0.39, 0.29) is 12.1 Å². The van der Waals surface area contributed by atoms with Crippen LogP contribution in [0.15, 0.2) is 66.7 Å². The summed E-state index contributed by atoms with van der Waals surface area (Å²) in [4.78, 5) is 21.4. The molecule has 1 heterocycles. The van der Waals surface area contributed by atoms with Gasteiger partial charge in [0, 0.05) is 40.4 Å². The summed E-state index contributed by atoms with van der Waals surface area (Å²) in [6, 6.07) is 21.3. The lowest BCUT2D eigenvalue weighted by atomic mass is 10.0. The lowest BCUT2D eigenvalue weighted by Gasteiger charge is -2.22. The standard InChI is InChI=1S/C32H31Cl3N2O2S/c1-3-15-37(32-36-29(20(2)40-32)27-14-13-26(34)17-28(27)35)19-21-7-9-23(10-8-21)30(24-11-12-24)39-31(38)25-6-4-5-22(16-25)18-33/h4-10,13-14,16-17,24,30H,3,11-12,15,18-19H2,1-2H3. The van der Waals surface area contributed by atoms with Gasteiger partial charge >= 0.3 is 5.97 Å². The number of ether oxygens (including phenoxy) is 1. The minimum atomic E-state index is -0.308. The van der Waals surface area contributed by atoms with Crippen LogP contribution in [0.5, 0.6) is 0 Å². The highest BCUT2D eigenvalue weighted by Gasteiger charge is 2.35. The van der Waals surface area contributed by atoms with Gasteiger partial charge < -0.3 is 9.64 Å². The Kier molecular flexibility index (Phi) is 9.37. The van der Waals surface area contributed by atoms with Gasteiger partial charge in [0.15, 0.2) is 5.13 Å². The number of nitrogens with zero attached hydrogens (tertiary/aromatic N) is 2. The molecule has 1 saturated carbocycles. The van der Waals surface area contributed by atoms with Crippen LogP contribution < -0.4 is 4.90 Å². The van der Waals surface area contributed by atoms with Crippen LogP contribution in [0.2, 0.25) is 10.0 Å². The molecular weight excluding hydrogens is 583 g/mol. The van der Waals surface area contributed by atoms with Gasteiger partial charge in [-0.25, -0.2) is 9.78 Å². The molecular formula is C32H31Cl3N2O2S. The Morgan fingerprint density at radius 2 is 1.85 bits per heavy atom. The van der Waals surface area contributed by atoms with E-state index >= 15 is 0 Å². The average Bonchev–Trinajstić information content (AvgIpc) is 3.73. The van der Waals surface area contributed by atoms with Gasteiger partial charge in [0.1, 0.15) is 6.10 Å². The third-order valence-electron chi connectivity index (χ3n) is 7.02. The molecule has 5 rings (SSSR count). The van der Waals surface area contributed by atoms with Crippen molar-refractivity contribution in [1.82, 2.24) is 4.98 Å². The van der Waals surface area contributed by atoms with Gasteiger partial charge in [0.05, 0.1) is 16.3 Å². The lowest BCUT2D eigenvalue weighted by molar-refractivity contribution is 0.0241. The molecule has 4 nitrogen and oxygen atoms in total. The average molecular weight is 614 g/mol. The van der Waals surface area contributed by atoms with Gasteiger partial charge in [-0.1, -0.05) is 66.5 Å². The summed E-state index contributed by atoms with van der Waals surface area (Å²) in [6.45, 7) is 5.86. The van der Waals surface area contributed by atoms with Crippen molar-refractivity contribution in [3.05, 3.63) is 104 Å². The first-order chi connectivity index (χ1) is 19.4. The molecule has 0 amide bonds. The Balaban J connectivity index is 1.32. The molecule has 1 aromatic heterocycles. The van der Waals surface area contributed by atoms with Gasteiger partial charge in [0.2, 0.25) is 0 Å². The molecule has 208 valence electrons. The minimum Gasteiger partial charge on any atom is -0.454 e. The van der Waals surface area contributed by atoms with Crippen LogP contribution >= 0.6 is 46.1 Å². The molecule has 0 radical (unpaired) electrons. The second kappa shape index (κ2) is 12.9. The normalized spacial score (nSPS) is 13.7. The molecule has 3 aromatic carbocycles. The van der Waals surface area contributed by atoms with Crippen molar-refractivity contribution in [1.29, 1.82) is 0 Å². The Bertz CT molecular complexity index is 1480. The van der Waals surface area contributed by atoms with Gasteiger partial charge in [-0.15, -0.1) is 22.9 Å². The summed E-state index contributed by atoms with van der Waals surface area (Å²) < 4.78 is 6.03. The Hall–Kier alpha value is -2.57. The van der Waals surface area contributed by atoms with Crippen LogP contribution in [0.25, 0.3) is 11.3 Å². The number of thiazole rings is 1. The molecule has 0 aliphatic heterocycles. The van der Waals surface area contributed by atoms with Gasteiger partial charge in [-0.2, -0.15) is 0 Å². The second-order valence-electron chi connectivity index (χ2n) is 10.2. The number of halogens is 3. The molecule has 0 spiro atoms. The van der Waals surface area contributed by atoms with E-state index < -0.39 is 0 Å². The predicted octanol–water partition coefficient (Wildman–Crippen LogP) is 9.89. The summed E-state index contributed by atoms with van der Waals surface area (Å²) in [7, 11) is 0. The van der Waals surface area contributed by atoms with Crippen LogP contribution in [-0.4, -0.2) is 17.5 Å². The molecule has 0 N–H and O–H groups in total. The zero-order valence-corrected chi connectivity index (χ0v) is 25.6. The number of benzene rings is 3. The Morgan fingerprint density at radius 3 is 2.52 bits per heavy atom. The maximum absolute atomic E-state index is 12.9. The third kappa shape index (κ3) is 6.83.